The Morgan fingerprint density at radius 2 is 2.00 bits per heavy atom. The number of fused-ring (bicyclic) bond motifs is 1. The molecule has 3 rings (SSSR count). The van der Waals surface area contributed by atoms with Crippen molar-refractivity contribution < 1.29 is 19.0 Å². The van der Waals surface area contributed by atoms with E-state index in [4.69, 9.17) is 9.47 Å². The van der Waals surface area contributed by atoms with Crippen LogP contribution in [-0.2, 0) is 0 Å². The van der Waals surface area contributed by atoms with E-state index < -0.39 is 6.10 Å². The molecule has 1 unspecified atom stereocenters. The van der Waals surface area contributed by atoms with Crippen LogP contribution in [0.1, 0.15) is 11.7 Å². The summed E-state index contributed by atoms with van der Waals surface area (Å²) in [6, 6.07) is 11.4. The first-order valence-corrected chi connectivity index (χ1v) is 6.29. The van der Waals surface area contributed by atoms with Crippen LogP contribution in [0.25, 0.3) is 0 Å². The zero-order valence-corrected chi connectivity index (χ0v) is 10.7. The Kier molecular flexibility index (Phi) is 3.43. The van der Waals surface area contributed by atoms with Crippen molar-refractivity contribution in [3.63, 3.8) is 0 Å². The molecular formula is C15H14FNO3. The number of rotatable bonds is 4. The molecule has 0 saturated carbocycles. The van der Waals surface area contributed by atoms with Crippen LogP contribution in [-0.4, -0.2) is 18.4 Å². The molecule has 5 heteroatoms. The van der Waals surface area contributed by atoms with E-state index in [-0.39, 0.29) is 19.2 Å². The van der Waals surface area contributed by atoms with E-state index in [1.54, 1.807) is 30.3 Å². The van der Waals surface area contributed by atoms with Gasteiger partial charge < -0.3 is 19.9 Å². The van der Waals surface area contributed by atoms with Gasteiger partial charge in [-0.1, -0.05) is 12.1 Å². The molecule has 2 aromatic rings. The van der Waals surface area contributed by atoms with Crippen molar-refractivity contribution in [1.29, 1.82) is 0 Å². The van der Waals surface area contributed by atoms with E-state index >= 15 is 0 Å². The van der Waals surface area contributed by atoms with E-state index in [0.29, 0.717) is 17.2 Å². The number of benzene rings is 2. The molecule has 4 nitrogen and oxygen atoms in total. The Hall–Kier alpha value is -2.27. The van der Waals surface area contributed by atoms with Gasteiger partial charge in [-0.05, 0) is 35.9 Å². The van der Waals surface area contributed by atoms with Crippen LogP contribution in [0.15, 0.2) is 42.5 Å². The standard InChI is InChI=1S/C15H14FNO3/c16-11-2-1-3-12(7-11)17-8-13(18)10-4-5-14-15(6-10)20-9-19-14/h1-7,13,17-18H,8-9H2. The highest BCUT2D eigenvalue weighted by molar-refractivity contribution is 5.46. The van der Waals surface area contributed by atoms with E-state index in [1.807, 2.05) is 0 Å². The largest absolute Gasteiger partial charge is 0.454 e. The van der Waals surface area contributed by atoms with Crippen molar-refractivity contribution >= 4 is 5.69 Å². The highest BCUT2D eigenvalue weighted by atomic mass is 19.1. The lowest BCUT2D eigenvalue weighted by atomic mass is 10.1. The number of aliphatic hydroxyl groups excluding tert-OH is 1. The minimum absolute atomic E-state index is 0.205. The fraction of sp³-hybridized carbons (Fsp3) is 0.200. The molecule has 0 saturated heterocycles. The van der Waals surface area contributed by atoms with E-state index in [0.717, 1.165) is 5.56 Å². The van der Waals surface area contributed by atoms with Gasteiger partial charge in [0.2, 0.25) is 6.79 Å². The second-order valence-electron chi connectivity index (χ2n) is 4.52. The molecule has 20 heavy (non-hydrogen) atoms. The van der Waals surface area contributed by atoms with Crippen molar-refractivity contribution in [2.24, 2.45) is 0 Å². The molecule has 0 spiro atoms. The summed E-state index contributed by atoms with van der Waals surface area (Å²) in [6.45, 7) is 0.486. The smallest absolute Gasteiger partial charge is 0.231 e. The van der Waals surface area contributed by atoms with Crippen LogP contribution in [0.3, 0.4) is 0 Å². The Balaban J connectivity index is 1.66. The molecule has 0 amide bonds. The average Bonchev–Trinajstić information content (AvgIpc) is 2.92. The van der Waals surface area contributed by atoms with Crippen molar-refractivity contribution in [2.45, 2.75) is 6.10 Å². The third-order valence-electron chi connectivity index (χ3n) is 3.11. The van der Waals surface area contributed by atoms with Crippen molar-refractivity contribution in [1.82, 2.24) is 0 Å². The van der Waals surface area contributed by atoms with Crippen LogP contribution in [0, 0.1) is 5.82 Å². The zero-order chi connectivity index (χ0) is 13.9. The van der Waals surface area contributed by atoms with E-state index in [2.05, 4.69) is 5.32 Å². The number of hydrogen-bond donors (Lipinski definition) is 2. The predicted molar refractivity (Wildman–Crippen MR) is 72.4 cm³/mol. The summed E-state index contributed by atoms with van der Waals surface area (Å²) in [4.78, 5) is 0. The SMILES string of the molecule is OC(CNc1cccc(F)c1)c1ccc2c(c1)OCO2. The summed E-state index contributed by atoms with van der Waals surface area (Å²) >= 11 is 0. The van der Waals surface area contributed by atoms with Gasteiger partial charge in [-0.25, -0.2) is 4.39 Å². The Morgan fingerprint density at radius 3 is 2.85 bits per heavy atom. The van der Waals surface area contributed by atoms with Gasteiger partial charge >= 0.3 is 0 Å². The summed E-state index contributed by atoms with van der Waals surface area (Å²) in [5, 5.41) is 13.1. The lowest BCUT2D eigenvalue weighted by Crippen LogP contribution is -2.12. The minimum Gasteiger partial charge on any atom is -0.454 e. The van der Waals surface area contributed by atoms with Crippen LogP contribution in [0.5, 0.6) is 11.5 Å². The molecule has 1 atom stereocenters. The highest BCUT2D eigenvalue weighted by Crippen LogP contribution is 2.34. The maximum absolute atomic E-state index is 13.0. The first kappa shape index (κ1) is 12.7. The predicted octanol–water partition coefficient (Wildman–Crippen LogP) is 2.70. The molecule has 1 aliphatic heterocycles. The normalized spacial score (nSPS) is 14.1. The molecule has 104 valence electrons. The summed E-state index contributed by atoms with van der Waals surface area (Å²) < 4.78 is 23.5. The fourth-order valence-corrected chi connectivity index (χ4v) is 2.05. The summed E-state index contributed by atoms with van der Waals surface area (Å²) in [5.74, 6) is 0.999. The topological polar surface area (TPSA) is 50.7 Å². The van der Waals surface area contributed by atoms with Crippen LogP contribution in [0.4, 0.5) is 10.1 Å². The molecule has 0 aromatic heterocycles. The number of aliphatic hydroxyl groups is 1. The second-order valence-corrected chi connectivity index (χ2v) is 4.52. The van der Waals surface area contributed by atoms with Gasteiger partial charge in [-0.15, -0.1) is 0 Å². The van der Waals surface area contributed by atoms with Crippen molar-refractivity contribution in [2.75, 3.05) is 18.7 Å². The Labute approximate surface area is 115 Å². The molecule has 0 bridgehead atoms. The zero-order valence-electron chi connectivity index (χ0n) is 10.7. The molecular weight excluding hydrogens is 261 g/mol. The van der Waals surface area contributed by atoms with Gasteiger partial charge in [0, 0.05) is 12.2 Å². The lowest BCUT2D eigenvalue weighted by molar-refractivity contribution is 0.173. The van der Waals surface area contributed by atoms with Crippen molar-refractivity contribution in [3.05, 3.63) is 53.8 Å². The fourth-order valence-electron chi connectivity index (χ4n) is 2.05. The maximum atomic E-state index is 13.0. The minimum atomic E-state index is -0.715. The first-order valence-electron chi connectivity index (χ1n) is 6.29. The third-order valence-corrected chi connectivity index (χ3v) is 3.11. The summed E-state index contributed by atoms with van der Waals surface area (Å²) in [6.07, 6.45) is -0.715. The number of halogens is 1. The van der Waals surface area contributed by atoms with Gasteiger partial charge in [0.05, 0.1) is 6.10 Å². The van der Waals surface area contributed by atoms with Crippen LogP contribution < -0.4 is 14.8 Å². The number of hydrogen-bond acceptors (Lipinski definition) is 4. The van der Waals surface area contributed by atoms with Crippen LogP contribution >= 0.6 is 0 Å². The monoisotopic (exact) mass is 275 g/mol. The Morgan fingerprint density at radius 1 is 1.15 bits per heavy atom. The second kappa shape index (κ2) is 5.38. The Bertz CT molecular complexity index is 618. The van der Waals surface area contributed by atoms with Gasteiger partial charge in [-0.2, -0.15) is 0 Å². The molecule has 0 radical (unpaired) electrons. The van der Waals surface area contributed by atoms with Gasteiger partial charge in [0.15, 0.2) is 11.5 Å². The van der Waals surface area contributed by atoms with Crippen LogP contribution in [0.2, 0.25) is 0 Å². The average molecular weight is 275 g/mol. The molecule has 2 aromatic carbocycles. The van der Waals surface area contributed by atoms with Crippen molar-refractivity contribution in [3.8, 4) is 11.5 Å². The van der Waals surface area contributed by atoms with E-state index in [9.17, 15) is 9.50 Å². The lowest BCUT2D eigenvalue weighted by Gasteiger charge is -2.13. The van der Waals surface area contributed by atoms with Gasteiger partial charge in [0.25, 0.3) is 0 Å². The third kappa shape index (κ3) is 2.67. The maximum Gasteiger partial charge on any atom is 0.231 e. The quantitative estimate of drug-likeness (QED) is 0.900. The molecule has 1 heterocycles. The molecule has 1 aliphatic rings. The number of nitrogens with one attached hydrogen (secondary N) is 1. The van der Waals surface area contributed by atoms with E-state index in [1.165, 1.54) is 12.1 Å². The molecule has 0 fully saturated rings. The van der Waals surface area contributed by atoms with Gasteiger partial charge in [0.1, 0.15) is 5.82 Å². The number of ether oxygens (including phenoxy) is 2. The summed E-state index contributed by atoms with van der Waals surface area (Å²) in [5.41, 5.74) is 1.35. The highest BCUT2D eigenvalue weighted by Gasteiger charge is 2.16. The summed E-state index contributed by atoms with van der Waals surface area (Å²) in [7, 11) is 0. The van der Waals surface area contributed by atoms with Gasteiger partial charge in [-0.3, -0.25) is 0 Å². The molecule has 0 aliphatic carbocycles. The first-order chi connectivity index (χ1) is 9.72. The molecule has 2 N–H and O–H groups in total. The number of anilines is 1.